The summed E-state index contributed by atoms with van der Waals surface area (Å²) in [5.41, 5.74) is 0.780. The van der Waals surface area contributed by atoms with E-state index < -0.39 is 17.8 Å². The first-order valence-electron chi connectivity index (χ1n) is 16.4. The van der Waals surface area contributed by atoms with Crippen molar-refractivity contribution in [3.8, 4) is 41.4 Å². The molecular weight excluding hydrogens is 609 g/mol. The van der Waals surface area contributed by atoms with E-state index >= 15 is 4.39 Å². The number of hydrogen-bond acceptors (Lipinski definition) is 9. The summed E-state index contributed by atoms with van der Waals surface area (Å²) >= 11 is 0. The van der Waals surface area contributed by atoms with E-state index in [0.29, 0.717) is 59.1 Å². The molecule has 5 heterocycles. The topological polar surface area (TPSA) is 128 Å². The summed E-state index contributed by atoms with van der Waals surface area (Å²) < 4.78 is 23.3. The number of benzene rings is 2. The number of carbonyl (C=O) groups excluding carboxylic acids is 1. The van der Waals surface area contributed by atoms with E-state index in [1.54, 1.807) is 24.3 Å². The van der Waals surface area contributed by atoms with E-state index in [0.717, 1.165) is 38.8 Å². The Morgan fingerprint density at radius 3 is 2.79 bits per heavy atom. The van der Waals surface area contributed by atoms with E-state index in [-0.39, 0.29) is 41.0 Å². The number of amides is 1. The fourth-order valence-electron chi connectivity index (χ4n) is 7.79. The predicted octanol–water partition coefficient (Wildman–Crippen LogP) is 5.09. The zero-order chi connectivity index (χ0) is 33.4. The molecule has 0 unspecified atom stereocenters. The number of nitrogens with zero attached hydrogens (tertiary/aromatic N) is 6. The molecule has 3 saturated heterocycles. The fourth-order valence-corrected chi connectivity index (χ4v) is 7.79. The maximum absolute atomic E-state index is 16.9. The number of aromatic hydroxyl groups is 1. The number of terminal acetylenes is 1. The summed E-state index contributed by atoms with van der Waals surface area (Å²) in [6.45, 7) is 6.76. The molecule has 2 aromatic carbocycles. The monoisotopic (exact) mass is 645 g/mol. The summed E-state index contributed by atoms with van der Waals surface area (Å²) in [6.07, 6.45) is 14.0. The molecule has 0 radical (unpaired) electrons. The summed E-state index contributed by atoms with van der Waals surface area (Å²) in [7, 11) is 0. The van der Waals surface area contributed by atoms with Crippen molar-refractivity contribution in [2.75, 3.05) is 37.7 Å². The van der Waals surface area contributed by atoms with E-state index in [1.807, 2.05) is 4.90 Å². The first-order chi connectivity index (χ1) is 23.3. The number of nitriles is 1. The van der Waals surface area contributed by atoms with Gasteiger partial charge in [-0.25, -0.2) is 4.39 Å². The molecule has 0 spiro atoms. The minimum absolute atomic E-state index is 0.00892. The Hall–Kier alpha value is -5.26. The quantitative estimate of drug-likeness (QED) is 0.209. The third kappa shape index (κ3) is 5.54. The van der Waals surface area contributed by atoms with Crippen LogP contribution in [0.3, 0.4) is 0 Å². The Kier molecular flexibility index (Phi) is 8.32. The third-order valence-corrected chi connectivity index (χ3v) is 10.1. The molecule has 3 aliphatic rings. The minimum atomic E-state index is -0.706. The largest absolute Gasteiger partial charge is 0.508 e. The van der Waals surface area contributed by atoms with Gasteiger partial charge < -0.3 is 20.1 Å². The van der Waals surface area contributed by atoms with Crippen LogP contribution >= 0.6 is 0 Å². The smallest absolute Gasteiger partial charge is 0.319 e. The second-order valence-electron chi connectivity index (χ2n) is 12.9. The van der Waals surface area contributed by atoms with Crippen LogP contribution in [0.15, 0.2) is 49.2 Å². The van der Waals surface area contributed by atoms with Crippen molar-refractivity contribution in [1.29, 1.82) is 5.26 Å². The molecular formula is C37H36FN7O3. The first kappa shape index (κ1) is 31.3. The van der Waals surface area contributed by atoms with Gasteiger partial charge in [-0.15, -0.1) is 6.42 Å². The van der Waals surface area contributed by atoms with Crippen LogP contribution in [0, 0.1) is 35.4 Å². The van der Waals surface area contributed by atoms with E-state index in [4.69, 9.17) is 16.1 Å². The minimum Gasteiger partial charge on any atom is -0.508 e. The highest BCUT2D eigenvalue weighted by Crippen LogP contribution is 2.41. The van der Waals surface area contributed by atoms with Crippen LogP contribution in [-0.2, 0) is 4.79 Å². The van der Waals surface area contributed by atoms with Crippen molar-refractivity contribution in [3.63, 3.8) is 0 Å². The number of phenols is 1. The number of aromatic nitrogens is 3. The zero-order valence-electron chi connectivity index (χ0n) is 26.6. The maximum atomic E-state index is 16.9. The highest BCUT2D eigenvalue weighted by molar-refractivity contribution is 6.02. The molecule has 11 heteroatoms. The Labute approximate surface area is 278 Å². The molecule has 0 saturated carbocycles. The summed E-state index contributed by atoms with van der Waals surface area (Å²) in [6, 6.07) is 10.2. The maximum Gasteiger partial charge on any atom is 0.319 e. The average Bonchev–Trinajstić information content (AvgIpc) is 3.61. The first-order valence-corrected chi connectivity index (χ1v) is 16.4. The van der Waals surface area contributed by atoms with Gasteiger partial charge in [-0.3, -0.25) is 14.7 Å². The standard InChI is InChI=1S/C37H36FN7O3/c1-3-23-9-5-10-24-17-26(46)18-27(31(23)24)33-32(38)34-28(20-40-33)35(44-14-6-11-25(19-39)29(21-44)41-30(47)4-2)43-36(42-34)48-22-37-12-7-15-45(37)16-8-13-37/h1,4-5,9-10,17-18,20,25,29,46H,2,6-8,11-16,21-22H2,(H,41,47)/t25-,29-/m1/s1. The zero-order valence-corrected chi connectivity index (χ0v) is 26.6. The van der Waals surface area contributed by atoms with E-state index in [2.05, 4.69) is 38.8 Å². The van der Waals surface area contributed by atoms with Crippen LogP contribution in [0.25, 0.3) is 32.9 Å². The molecule has 244 valence electrons. The molecule has 3 aliphatic heterocycles. The van der Waals surface area contributed by atoms with Crippen LogP contribution < -0.4 is 15.0 Å². The van der Waals surface area contributed by atoms with Crippen molar-refractivity contribution in [2.24, 2.45) is 5.92 Å². The molecule has 4 aromatic rings. The molecule has 1 amide bonds. The molecule has 2 aromatic heterocycles. The van der Waals surface area contributed by atoms with Crippen molar-refractivity contribution < 1.29 is 19.0 Å². The lowest BCUT2D eigenvalue weighted by molar-refractivity contribution is -0.117. The summed E-state index contributed by atoms with van der Waals surface area (Å²) in [5.74, 6) is 1.51. The van der Waals surface area contributed by atoms with E-state index in [1.165, 1.54) is 18.3 Å². The second kappa shape index (κ2) is 12.7. The number of nitrogens with one attached hydrogen (secondary N) is 1. The number of phenolic OH excluding ortho intramolecular Hbond substituents is 1. The number of rotatable bonds is 7. The lowest BCUT2D eigenvalue weighted by atomic mass is 9.95. The average molecular weight is 646 g/mol. The van der Waals surface area contributed by atoms with Gasteiger partial charge in [-0.05, 0) is 81.3 Å². The molecule has 0 bridgehead atoms. The van der Waals surface area contributed by atoms with Crippen LogP contribution in [0.5, 0.6) is 11.8 Å². The van der Waals surface area contributed by atoms with Gasteiger partial charge in [0.05, 0.1) is 29.0 Å². The summed E-state index contributed by atoms with van der Waals surface area (Å²) in [4.78, 5) is 30.8. The number of fused-ring (bicyclic) bond motifs is 3. The summed E-state index contributed by atoms with van der Waals surface area (Å²) in [5, 5.41) is 25.0. The SMILES string of the molecule is C#Cc1cccc2cc(O)cc(-c3ncc4c(N5CCC[C@H](C#N)[C@H](NC(=O)C=C)C5)nc(OCC56CCCN5CCC6)nc4c3F)c12. The molecule has 2 N–H and O–H groups in total. The number of carbonyl (C=O) groups is 1. The highest BCUT2D eigenvalue weighted by atomic mass is 19.1. The van der Waals surface area contributed by atoms with Crippen molar-refractivity contribution in [3.05, 3.63) is 60.6 Å². The van der Waals surface area contributed by atoms with Gasteiger partial charge in [0.1, 0.15) is 29.4 Å². The van der Waals surface area contributed by atoms with Gasteiger partial charge in [0.2, 0.25) is 5.91 Å². The van der Waals surface area contributed by atoms with Crippen LogP contribution in [0.1, 0.15) is 44.1 Å². The van der Waals surface area contributed by atoms with Gasteiger partial charge >= 0.3 is 6.01 Å². The molecule has 3 fully saturated rings. The van der Waals surface area contributed by atoms with E-state index in [9.17, 15) is 15.2 Å². The highest BCUT2D eigenvalue weighted by Gasteiger charge is 2.45. The number of anilines is 1. The normalized spacial score (nSPS) is 20.5. The Morgan fingerprint density at radius 2 is 2.04 bits per heavy atom. The lowest BCUT2D eigenvalue weighted by Crippen LogP contribution is -2.46. The van der Waals surface area contributed by atoms with Crippen molar-refractivity contribution in [1.82, 2.24) is 25.2 Å². The van der Waals surface area contributed by atoms with Crippen LogP contribution in [-0.4, -0.2) is 75.2 Å². The van der Waals surface area contributed by atoms with Crippen molar-refractivity contribution in [2.45, 2.75) is 50.1 Å². The third-order valence-electron chi connectivity index (χ3n) is 10.1. The van der Waals surface area contributed by atoms with Gasteiger partial charge in [0.15, 0.2) is 5.82 Å². The fraction of sp³-hybridized carbons (Fsp3) is 0.378. The number of pyridine rings is 1. The Morgan fingerprint density at radius 1 is 1.23 bits per heavy atom. The number of halogens is 1. The Bertz CT molecular complexity index is 2010. The van der Waals surface area contributed by atoms with Gasteiger partial charge in [-0.2, -0.15) is 15.2 Å². The number of hydrogen-bond donors (Lipinski definition) is 2. The lowest BCUT2D eigenvalue weighted by Gasteiger charge is -2.31. The molecule has 2 atom stereocenters. The van der Waals surface area contributed by atoms with Crippen LogP contribution in [0.2, 0.25) is 0 Å². The second-order valence-corrected chi connectivity index (χ2v) is 12.9. The van der Waals surface area contributed by atoms with Gasteiger partial charge in [0, 0.05) is 35.8 Å². The van der Waals surface area contributed by atoms with Gasteiger partial charge in [0.25, 0.3) is 0 Å². The van der Waals surface area contributed by atoms with Crippen molar-refractivity contribution >= 4 is 33.4 Å². The molecule has 7 rings (SSSR count). The van der Waals surface area contributed by atoms with Gasteiger partial charge in [-0.1, -0.05) is 24.6 Å². The molecule has 0 aliphatic carbocycles. The predicted molar refractivity (Wildman–Crippen MR) is 181 cm³/mol. The number of ether oxygens (including phenoxy) is 1. The van der Waals surface area contributed by atoms with Crippen LogP contribution in [0.4, 0.5) is 10.2 Å². The Balaban J connectivity index is 1.37. The molecule has 10 nitrogen and oxygen atoms in total. The molecule has 48 heavy (non-hydrogen) atoms.